The van der Waals surface area contributed by atoms with Gasteiger partial charge >= 0.3 is 5.97 Å². The summed E-state index contributed by atoms with van der Waals surface area (Å²) in [5, 5.41) is 9.91. The average Bonchev–Trinajstić information content (AvgIpc) is 2.42. The van der Waals surface area contributed by atoms with Gasteiger partial charge < -0.3 is 9.52 Å². The van der Waals surface area contributed by atoms with Crippen LogP contribution in [0.4, 0.5) is 0 Å². The Bertz CT molecular complexity index is 513. The number of hydrogen-bond donors (Lipinski definition) is 1. The highest BCUT2D eigenvalue weighted by Crippen LogP contribution is 2.30. The van der Waals surface area contributed by atoms with E-state index in [1.54, 1.807) is 25.1 Å². The standard InChI is InChI=1S/C10H7ClO3/c1-5-8(10(12)13)6-3-2-4-7(11)9(6)14-5/h2-4H,1H3,(H,12,13). The van der Waals surface area contributed by atoms with Gasteiger partial charge in [-0.25, -0.2) is 4.79 Å². The first kappa shape index (κ1) is 9.09. The van der Waals surface area contributed by atoms with E-state index in [-0.39, 0.29) is 5.56 Å². The second-order valence-corrected chi connectivity index (χ2v) is 3.36. The van der Waals surface area contributed by atoms with Crippen LogP contribution in [0.1, 0.15) is 16.1 Å². The van der Waals surface area contributed by atoms with Crippen molar-refractivity contribution in [1.82, 2.24) is 0 Å². The highest BCUT2D eigenvalue weighted by molar-refractivity contribution is 6.35. The number of carboxylic acid groups (broad SMARTS) is 1. The number of aromatic carboxylic acids is 1. The summed E-state index contributed by atoms with van der Waals surface area (Å²) in [5.74, 6) is -0.621. The molecule has 0 unspecified atom stereocenters. The highest BCUT2D eigenvalue weighted by atomic mass is 35.5. The normalized spacial score (nSPS) is 10.7. The fourth-order valence-electron chi connectivity index (χ4n) is 1.47. The van der Waals surface area contributed by atoms with Gasteiger partial charge in [-0.1, -0.05) is 23.7 Å². The Morgan fingerprint density at radius 2 is 2.21 bits per heavy atom. The molecule has 0 fully saturated rings. The van der Waals surface area contributed by atoms with E-state index in [2.05, 4.69) is 0 Å². The van der Waals surface area contributed by atoms with E-state index < -0.39 is 5.97 Å². The van der Waals surface area contributed by atoms with Crippen molar-refractivity contribution in [2.75, 3.05) is 0 Å². The van der Waals surface area contributed by atoms with Gasteiger partial charge in [-0.3, -0.25) is 0 Å². The van der Waals surface area contributed by atoms with Gasteiger partial charge in [-0.15, -0.1) is 0 Å². The number of benzene rings is 1. The van der Waals surface area contributed by atoms with Gasteiger partial charge in [0.05, 0.1) is 5.02 Å². The van der Waals surface area contributed by atoms with E-state index in [4.69, 9.17) is 21.1 Å². The number of fused-ring (bicyclic) bond motifs is 1. The Hall–Kier alpha value is -1.48. The van der Waals surface area contributed by atoms with Crippen LogP contribution in [-0.4, -0.2) is 11.1 Å². The predicted octanol–water partition coefficient (Wildman–Crippen LogP) is 3.09. The molecule has 72 valence electrons. The van der Waals surface area contributed by atoms with Crippen LogP contribution in [0.25, 0.3) is 11.0 Å². The van der Waals surface area contributed by atoms with Crippen LogP contribution in [-0.2, 0) is 0 Å². The Morgan fingerprint density at radius 3 is 2.86 bits per heavy atom. The monoisotopic (exact) mass is 210 g/mol. The minimum absolute atomic E-state index is 0.183. The van der Waals surface area contributed by atoms with Gasteiger partial charge in [0.25, 0.3) is 0 Å². The topological polar surface area (TPSA) is 50.4 Å². The molecule has 0 atom stereocenters. The lowest BCUT2D eigenvalue weighted by atomic mass is 10.1. The summed E-state index contributed by atoms with van der Waals surface area (Å²) >= 11 is 5.86. The van der Waals surface area contributed by atoms with Crippen LogP contribution in [0.3, 0.4) is 0 Å². The molecule has 0 amide bonds. The number of carbonyl (C=O) groups is 1. The van der Waals surface area contributed by atoms with Gasteiger partial charge in [0.15, 0.2) is 5.58 Å². The second-order valence-electron chi connectivity index (χ2n) is 2.95. The van der Waals surface area contributed by atoms with Crippen molar-refractivity contribution in [3.63, 3.8) is 0 Å². The molecule has 2 rings (SSSR count). The Morgan fingerprint density at radius 1 is 1.50 bits per heavy atom. The Kier molecular flexibility index (Phi) is 1.97. The minimum Gasteiger partial charge on any atom is -0.478 e. The molecule has 0 aliphatic rings. The smallest absolute Gasteiger partial charge is 0.339 e. The maximum Gasteiger partial charge on any atom is 0.339 e. The third-order valence-corrected chi connectivity index (χ3v) is 2.36. The third-order valence-electron chi connectivity index (χ3n) is 2.06. The Balaban J connectivity index is 2.90. The van der Waals surface area contributed by atoms with Crippen LogP contribution in [0, 0.1) is 6.92 Å². The molecular formula is C10H7ClO3. The number of hydrogen-bond acceptors (Lipinski definition) is 2. The summed E-state index contributed by atoms with van der Waals surface area (Å²) in [7, 11) is 0. The molecule has 1 aromatic heterocycles. The SMILES string of the molecule is Cc1oc2c(Cl)cccc2c1C(=O)O. The van der Waals surface area contributed by atoms with Gasteiger partial charge in [0.2, 0.25) is 0 Å². The van der Waals surface area contributed by atoms with Crippen molar-refractivity contribution >= 4 is 28.5 Å². The summed E-state index contributed by atoms with van der Waals surface area (Å²) in [6.45, 7) is 1.61. The number of halogens is 1. The lowest BCUT2D eigenvalue weighted by Gasteiger charge is -1.91. The summed E-state index contributed by atoms with van der Waals surface area (Å²) in [6.07, 6.45) is 0. The minimum atomic E-state index is -0.997. The Labute approximate surface area is 84.9 Å². The average molecular weight is 211 g/mol. The first-order valence-corrected chi connectivity index (χ1v) is 4.40. The highest BCUT2D eigenvalue weighted by Gasteiger charge is 2.18. The number of carboxylic acids is 1. The van der Waals surface area contributed by atoms with Gasteiger partial charge in [0, 0.05) is 5.39 Å². The van der Waals surface area contributed by atoms with E-state index in [0.29, 0.717) is 21.8 Å². The molecule has 3 nitrogen and oxygen atoms in total. The van der Waals surface area contributed by atoms with Crippen LogP contribution >= 0.6 is 11.6 Å². The van der Waals surface area contributed by atoms with Crippen molar-refractivity contribution in [2.45, 2.75) is 6.92 Å². The molecule has 0 radical (unpaired) electrons. The number of furan rings is 1. The molecule has 14 heavy (non-hydrogen) atoms. The lowest BCUT2D eigenvalue weighted by Crippen LogP contribution is -1.96. The second kappa shape index (κ2) is 3.03. The fourth-order valence-corrected chi connectivity index (χ4v) is 1.68. The summed E-state index contributed by atoms with van der Waals surface area (Å²) in [4.78, 5) is 10.9. The van der Waals surface area contributed by atoms with Gasteiger partial charge in [-0.2, -0.15) is 0 Å². The zero-order valence-corrected chi connectivity index (χ0v) is 8.13. The van der Waals surface area contributed by atoms with Crippen molar-refractivity contribution in [2.24, 2.45) is 0 Å². The molecule has 2 aromatic rings. The molecular weight excluding hydrogens is 204 g/mol. The zero-order chi connectivity index (χ0) is 10.3. The quantitative estimate of drug-likeness (QED) is 0.787. The van der Waals surface area contributed by atoms with Crippen LogP contribution in [0.5, 0.6) is 0 Å². The van der Waals surface area contributed by atoms with Crippen LogP contribution in [0.15, 0.2) is 22.6 Å². The fraction of sp³-hybridized carbons (Fsp3) is 0.100. The van der Waals surface area contributed by atoms with Gasteiger partial charge in [-0.05, 0) is 13.0 Å². The zero-order valence-electron chi connectivity index (χ0n) is 7.37. The number of rotatable bonds is 1. The third kappa shape index (κ3) is 1.17. The van der Waals surface area contributed by atoms with E-state index >= 15 is 0 Å². The summed E-state index contributed by atoms with van der Waals surface area (Å²) < 4.78 is 5.28. The van der Waals surface area contributed by atoms with E-state index in [9.17, 15) is 4.79 Å². The molecule has 1 heterocycles. The largest absolute Gasteiger partial charge is 0.478 e. The molecule has 4 heteroatoms. The van der Waals surface area contributed by atoms with Crippen LogP contribution in [0.2, 0.25) is 5.02 Å². The maximum atomic E-state index is 10.9. The van der Waals surface area contributed by atoms with Crippen molar-refractivity contribution in [3.05, 3.63) is 34.5 Å². The summed E-state index contributed by atoms with van der Waals surface area (Å²) in [6, 6.07) is 5.05. The first-order chi connectivity index (χ1) is 6.61. The molecule has 1 N–H and O–H groups in total. The molecule has 0 spiro atoms. The predicted molar refractivity (Wildman–Crippen MR) is 52.9 cm³/mol. The number of para-hydroxylation sites is 1. The first-order valence-electron chi connectivity index (χ1n) is 4.02. The molecule has 1 aromatic carbocycles. The van der Waals surface area contributed by atoms with Crippen molar-refractivity contribution < 1.29 is 14.3 Å². The van der Waals surface area contributed by atoms with E-state index in [1.165, 1.54) is 0 Å². The maximum absolute atomic E-state index is 10.9. The molecule has 0 saturated heterocycles. The molecule has 0 aliphatic heterocycles. The van der Waals surface area contributed by atoms with E-state index in [0.717, 1.165) is 0 Å². The number of aryl methyl sites for hydroxylation is 1. The molecule has 0 aliphatic carbocycles. The van der Waals surface area contributed by atoms with Crippen molar-refractivity contribution in [1.29, 1.82) is 0 Å². The van der Waals surface area contributed by atoms with Gasteiger partial charge in [0.1, 0.15) is 11.3 Å². The molecule has 0 saturated carbocycles. The van der Waals surface area contributed by atoms with E-state index in [1.807, 2.05) is 0 Å². The summed E-state index contributed by atoms with van der Waals surface area (Å²) in [5.41, 5.74) is 0.617. The van der Waals surface area contributed by atoms with Crippen LogP contribution < -0.4 is 0 Å². The lowest BCUT2D eigenvalue weighted by molar-refractivity contribution is 0.0697. The molecule has 0 bridgehead atoms. The van der Waals surface area contributed by atoms with Crippen molar-refractivity contribution in [3.8, 4) is 0 Å².